The number of pyridine rings is 1. The van der Waals surface area contributed by atoms with Crippen LogP contribution in [0.3, 0.4) is 0 Å². The van der Waals surface area contributed by atoms with Gasteiger partial charge in [-0.05, 0) is 32.0 Å². The maximum atomic E-state index is 12.3. The van der Waals surface area contributed by atoms with Crippen LogP contribution in [-0.2, 0) is 4.74 Å². The lowest BCUT2D eigenvalue weighted by molar-refractivity contribution is 0.0525. The largest absolute Gasteiger partial charge is 0.462 e. The molecule has 4 nitrogen and oxygen atoms in total. The average Bonchev–Trinajstić information content (AvgIpc) is 2.95. The second-order valence-electron chi connectivity index (χ2n) is 6.08. The minimum atomic E-state index is -0.352. The summed E-state index contributed by atoms with van der Waals surface area (Å²) < 4.78 is 5.18. The van der Waals surface area contributed by atoms with Crippen LogP contribution in [0.5, 0.6) is 0 Å². The van der Waals surface area contributed by atoms with Gasteiger partial charge in [0, 0.05) is 16.7 Å². The van der Waals surface area contributed by atoms with Crippen LogP contribution in [0.4, 0.5) is 5.69 Å². The first-order valence-electron chi connectivity index (χ1n) is 8.61. The number of fused-ring (bicyclic) bond motifs is 3. The van der Waals surface area contributed by atoms with Crippen molar-refractivity contribution in [2.45, 2.75) is 13.8 Å². The normalized spacial score (nSPS) is 13.4. The third kappa shape index (κ3) is 2.69. The highest BCUT2D eigenvalue weighted by Gasteiger charge is 2.28. The summed E-state index contributed by atoms with van der Waals surface area (Å²) in [5.41, 5.74) is 6.64. The molecule has 0 radical (unpaired) electrons. The maximum absolute atomic E-state index is 12.3. The molecule has 1 heterocycles. The Morgan fingerprint density at radius 3 is 2.42 bits per heavy atom. The standard InChI is InChI=1S/C22H18N2O2/c1-3-26-22(25)18-13-19-20(23-14(18)2)16-11-7-8-12-17(16)21(19)24-15-9-5-4-6-10-15/h4-13H,3H2,1-2H3. The highest BCUT2D eigenvalue weighted by molar-refractivity contribution is 6.25. The summed E-state index contributed by atoms with van der Waals surface area (Å²) in [5, 5.41) is 0. The number of esters is 1. The van der Waals surface area contributed by atoms with Gasteiger partial charge in [0.1, 0.15) is 0 Å². The Balaban J connectivity index is 1.94. The molecule has 1 aliphatic rings. The molecule has 0 atom stereocenters. The highest BCUT2D eigenvalue weighted by atomic mass is 16.5. The first kappa shape index (κ1) is 16.2. The van der Waals surface area contributed by atoms with E-state index in [1.807, 2.05) is 67.6 Å². The van der Waals surface area contributed by atoms with Crippen LogP contribution in [0.25, 0.3) is 11.3 Å². The van der Waals surface area contributed by atoms with Crippen LogP contribution in [-0.4, -0.2) is 23.3 Å². The van der Waals surface area contributed by atoms with Crippen LogP contribution >= 0.6 is 0 Å². The summed E-state index contributed by atoms with van der Waals surface area (Å²) in [4.78, 5) is 21.9. The predicted octanol–water partition coefficient (Wildman–Crippen LogP) is 4.72. The Kier molecular flexibility index (Phi) is 4.09. The van der Waals surface area contributed by atoms with Crippen LogP contribution in [0, 0.1) is 6.92 Å². The zero-order valence-electron chi connectivity index (χ0n) is 14.7. The van der Waals surface area contributed by atoms with E-state index in [9.17, 15) is 4.79 Å². The first-order valence-corrected chi connectivity index (χ1v) is 8.61. The minimum Gasteiger partial charge on any atom is -0.462 e. The van der Waals surface area contributed by atoms with Crippen molar-refractivity contribution in [3.63, 3.8) is 0 Å². The summed E-state index contributed by atoms with van der Waals surface area (Å²) >= 11 is 0. The number of aromatic nitrogens is 1. The molecule has 0 saturated carbocycles. The molecule has 0 amide bonds. The van der Waals surface area contributed by atoms with Gasteiger partial charge in [0.2, 0.25) is 0 Å². The van der Waals surface area contributed by atoms with Crippen molar-refractivity contribution in [1.29, 1.82) is 0 Å². The number of rotatable bonds is 3. The van der Waals surface area contributed by atoms with Crippen molar-refractivity contribution in [2.75, 3.05) is 6.61 Å². The van der Waals surface area contributed by atoms with E-state index in [2.05, 4.69) is 0 Å². The molecule has 4 heteroatoms. The zero-order valence-corrected chi connectivity index (χ0v) is 14.7. The molecule has 3 aromatic rings. The average molecular weight is 342 g/mol. The number of para-hydroxylation sites is 1. The highest BCUT2D eigenvalue weighted by Crippen LogP contribution is 2.37. The van der Waals surface area contributed by atoms with Crippen LogP contribution in [0.2, 0.25) is 0 Å². The predicted molar refractivity (Wildman–Crippen MR) is 102 cm³/mol. The Morgan fingerprint density at radius 1 is 1.00 bits per heavy atom. The van der Waals surface area contributed by atoms with E-state index in [1.54, 1.807) is 6.92 Å². The summed E-state index contributed by atoms with van der Waals surface area (Å²) in [6.07, 6.45) is 0. The number of benzene rings is 2. The van der Waals surface area contributed by atoms with Gasteiger partial charge in [-0.15, -0.1) is 0 Å². The van der Waals surface area contributed by atoms with Gasteiger partial charge < -0.3 is 4.74 Å². The number of carbonyl (C=O) groups excluding carboxylic acids is 1. The Bertz CT molecular complexity index is 1020. The molecule has 0 bridgehead atoms. The van der Waals surface area contributed by atoms with Gasteiger partial charge in [-0.3, -0.25) is 4.98 Å². The number of aryl methyl sites for hydroxylation is 1. The van der Waals surface area contributed by atoms with Crippen LogP contribution in [0.1, 0.15) is 34.1 Å². The molecule has 4 rings (SSSR count). The quantitative estimate of drug-likeness (QED) is 0.506. The van der Waals surface area contributed by atoms with Gasteiger partial charge in [0.25, 0.3) is 0 Å². The molecule has 2 aromatic carbocycles. The van der Waals surface area contributed by atoms with Gasteiger partial charge in [-0.2, -0.15) is 0 Å². The number of aliphatic imine (C=N–C) groups is 1. The Morgan fingerprint density at radius 2 is 1.69 bits per heavy atom. The number of nitrogens with zero attached hydrogens (tertiary/aromatic N) is 2. The second-order valence-corrected chi connectivity index (χ2v) is 6.08. The molecular weight excluding hydrogens is 324 g/mol. The molecule has 0 N–H and O–H groups in total. The molecular formula is C22H18N2O2. The van der Waals surface area contributed by atoms with Crippen molar-refractivity contribution < 1.29 is 9.53 Å². The van der Waals surface area contributed by atoms with Gasteiger partial charge in [0.05, 0.1) is 35.0 Å². The molecule has 128 valence electrons. The van der Waals surface area contributed by atoms with Crippen molar-refractivity contribution in [3.8, 4) is 11.3 Å². The van der Waals surface area contributed by atoms with E-state index >= 15 is 0 Å². The van der Waals surface area contributed by atoms with Crippen molar-refractivity contribution in [3.05, 3.63) is 83.0 Å². The molecule has 1 aliphatic carbocycles. The van der Waals surface area contributed by atoms with Crippen molar-refractivity contribution >= 4 is 17.4 Å². The van der Waals surface area contributed by atoms with Crippen molar-refractivity contribution in [1.82, 2.24) is 4.98 Å². The summed E-state index contributed by atoms with van der Waals surface area (Å²) in [5.74, 6) is -0.352. The van der Waals surface area contributed by atoms with Gasteiger partial charge in [-0.25, -0.2) is 9.79 Å². The van der Waals surface area contributed by atoms with E-state index in [4.69, 9.17) is 14.7 Å². The van der Waals surface area contributed by atoms with E-state index in [1.165, 1.54) is 0 Å². The third-order valence-corrected chi connectivity index (χ3v) is 4.40. The van der Waals surface area contributed by atoms with E-state index in [0.29, 0.717) is 17.9 Å². The van der Waals surface area contributed by atoms with E-state index < -0.39 is 0 Å². The first-order chi connectivity index (χ1) is 12.7. The smallest absolute Gasteiger partial charge is 0.339 e. The monoisotopic (exact) mass is 342 g/mol. The lowest BCUT2D eigenvalue weighted by Crippen LogP contribution is -2.10. The maximum Gasteiger partial charge on any atom is 0.339 e. The molecule has 0 saturated heterocycles. The SMILES string of the molecule is CCOC(=O)c1cc2c(nc1C)-c1ccccc1C2=Nc1ccccc1. The van der Waals surface area contributed by atoms with Crippen LogP contribution in [0.15, 0.2) is 65.7 Å². The number of carbonyl (C=O) groups is 1. The van der Waals surface area contributed by atoms with Gasteiger partial charge >= 0.3 is 5.97 Å². The van der Waals surface area contributed by atoms with Gasteiger partial charge in [-0.1, -0.05) is 42.5 Å². The molecule has 1 aromatic heterocycles. The topological polar surface area (TPSA) is 51.5 Å². The number of ether oxygens (including phenoxy) is 1. The minimum absolute atomic E-state index is 0.334. The molecule has 0 unspecified atom stereocenters. The lowest BCUT2D eigenvalue weighted by Gasteiger charge is -2.08. The van der Waals surface area contributed by atoms with E-state index in [-0.39, 0.29) is 5.97 Å². The van der Waals surface area contributed by atoms with Crippen molar-refractivity contribution in [2.24, 2.45) is 4.99 Å². The summed E-state index contributed by atoms with van der Waals surface area (Å²) in [6, 6.07) is 19.7. The number of hydrogen-bond acceptors (Lipinski definition) is 4. The zero-order chi connectivity index (χ0) is 18.1. The molecule has 0 aliphatic heterocycles. The molecule has 0 fully saturated rings. The summed E-state index contributed by atoms with van der Waals surface area (Å²) in [6.45, 7) is 3.97. The van der Waals surface area contributed by atoms with Gasteiger partial charge in [0.15, 0.2) is 0 Å². The fraction of sp³-hybridized carbons (Fsp3) is 0.136. The fourth-order valence-corrected chi connectivity index (χ4v) is 3.20. The van der Waals surface area contributed by atoms with E-state index in [0.717, 1.165) is 33.8 Å². The second kappa shape index (κ2) is 6.56. The Labute approximate surface area is 152 Å². The number of hydrogen-bond donors (Lipinski definition) is 0. The lowest BCUT2D eigenvalue weighted by atomic mass is 10.1. The molecule has 26 heavy (non-hydrogen) atoms. The third-order valence-electron chi connectivity index (χ3n) is 4.40. The fourth-order valence-electron chi connectivity index (χ4n) is 3.20. The summed E-state index contributed by atoms with van der Waals surface area (Å²) in [7, 11) is 0. The van der Waals surface area contributed by atoms with Crippen LogP contribution < -0.4 is 0 Å². The molecule has 0 spiro atoms. The Hall–Kier alpha value is -3.27.